The average molecular weight is 290 g/mol. The molecule has 5 heteroatoms. The van der Waals surface area contributed by atoms with Crippen LogP contribution in [0.15, 0.2) is 30.3 Å². The monoisotopic (exact) mass is 290 g/mol. The third kappa shape index (κ3) is 5.19. The molecule has 1 saturated heterocycles. The van der Waals surface area contributed by atoms with E-state index in [2.05, 4.69) is 10.6 Å². The van der Waals surface area contributed by atoms with E-state index in [1.807, 2.05) is 30.3 Å². The lowest BCUT2D eigenvalue weighted by Gasteiger charge is -2.19. The normalized spacial score (nSPS) is 21.0. The molecular formula is C16H22N2O3. The predicted octanol–water partition coefficient (Wildman–Crippen LogP) is 0.887. The molecule has 0 spiro atoms. The summed E-state index contributed by atoms with van der Waals surface area (Å²) in [4.78, 5) is 23.0. The summed E-state index contributed by atoms with van der Waals surface area (Å²) in [6.07, 6.45) is 1.20. The number of carbonyl (C=O) groups excluding carboxylic acids is 2. The zero-order chi connectivity index (χ0) is 15.1. The number of rotatable bonds is 6. The Hall–Kier alpha value is -1.88. The van der Waals surface area contributed by atoms with Crippen LogP contribution in [0, 0.1) is 5.92 Å². The van der Waals surface area contributed by atoms with Crippen molar-refractivity contribution >= 4 is 11.8 Å². The Morgan fingerprint density at radius 3 is 2.71 bits per heavy atom. The molecule has 0 aliphatic carbocycles. The zero-order valence-corrected chi connectivity index (χ0v) is 12.3. The van der Waals surface area contributed by atoms with E-state index < -0.39 is 0 Å². The van der Waals surface area contributed by atoms with Gasteiger partial charge in [0.05, 0.1) is 19.3 Å². The number of nitrogens with one attached hydrogen (secondary N) is 2. The molecule has 114 valence electrons. The minimum atomic E-state index is -0.0592. The van der Waals surface area contributed by atoms with Gasteiger partial charge >= 0.3 is 0 Å². The van der Waals surface area contributed by atoms with Gasteiger partial charge in [-0.25, -0.2) is 0 Å². The summed E-state index contributed by atoms with van der Waals surface area (Å²) in [5.74, 6) is 0.118. The zero-order valence-electron chi connectivity index (χ0n) is 12.3. The highest BCUT2D eigenvalue weighted by molar-refractivity contribution is 5.76. The van der Waals surface area contributed by atoms with Gasteiger partial charge in [0.1, 0.15) is 0 Å². The van der Waals surface area contributed by atoms with Crippen molar-refractivity contribution in [3.05, 3.63) is 35.9 Å². The summed E-state index contributed by atoms with van der Waals surface area (Å²) in [6.45, 7) is 3.12. The van der Waals surface area contributed by atoms with Crippen molar-refractivity contribution in [2.75, 3.05) is 19.8 Å². The lowest BCUT2D eigenvalue weighted by molar-refractivity contribution is -0.122. The Balaban J connectivity index is 1.74. The first-order chi connectivity index (χ1) is 10.1. The number of hydrogen-bond acceptors (Lipinski definition) is 3. The van der Waals surface area contributed by atoms with Gasteiger partial charge in [-0.05, 0) is 12.0 Å². The maximum Gasteiger partial charge on any atom is 0.220 e. The quantitative estimate of drug-likeness (QED) is 0.817. The average Bonchev–Trinajstić information content (AvgIpc) is 2.91. The fourth-order valence-corrected chi connectivity index (χ4v) is 2.42. The molecule has 2 amide bonds. The number of amides is 2. The van der Waals surface area contributed by atoms with Crippen molar-refractivity contribution in [3.63, 3.8) is 0 Å². The summed E-state index contributed by atoms with van der Waals surface area (Å²) in [5, 5.41) is 5.79. The number of aryl methyl sites for hydroxylation is 1. The van der Waals surface area contributed by atoms with Gasteiger partial charge in [-0.1, -0.05) is 30.3 Å². The minimum absolute atomic E-state index is 0.0138. The molecule has 1 heterocycles. The summed E-state index contributed by atoms with van der Waals surface area (Å²) >= 11 is 0. The molecule has 1 fully saturated rings. The largest absolute Gasteiger partial charge is 0.379 e. The fourth-order valence-electron chi connectivity index (χ4n) is 2.42. The van der Waals surface area contributed by atoms with E-state index in [1.54, 1.807) is 0 Å². The highest BCUT2D eigenvalue weighted by Gasteiger charge is 2.29. The van der Waals surface area contributed by atoms with Crippen LogP contribution in [-0.4, -0.2) is 37.6 Å². The molecule has 0 unspecified atom stereocenters. The molecule has 1 aliphatic rings. The molecule has 0 bridgehead atoms. The van der Waals surface area contributed by atoms with Gasteiger partial charge < -0.3 is 15.4 Å². The first-order valence-corrected chi connectivity index (χ1v) is 7.30. The standard InChI is InChI=1S/C16H22N2O3/c1-12(19)17-9-14-10-21-11-15(14)18-16(20)8-7-13-5-3-2-4-6-13/h2-6,14-15H,7-11H2,1H3,(H,17,19)(H,18,20)/t14-,15-/m1/s1. The van der Waals surface area contributed by atoms with Crippen LogP contribution in [0.5, 0.6) is 0 Å². The van der Waals surface area contributed by atoms with Crippen LogP contribution in [0.25, 0.3) is 0 Å². The molecule has 0 aromatic heterocycles. The second-order valence-electron chi connectivity index (χ2n) is 5.39. The van der Waals surface area contributed by atoms with E-state index in [1.165, 1.54) is 6.92 Å². The third-order valence-electron chi connectivity index (χ3n) is 3.64. The molecular weight excluding hydrogens is 268 g/mol. The molecule has 2 atom stereocenters. The Morgan fingerprint density at radius 2 is 2.00 bits per heavy atom. The van der Waals surface area contributed by atoms with E-state index in [4.69, 9.17) is 4.74 Å². The molecule has 1 aromatic rings. The lowest BCUT2D eigenvalue weighted by Crippen LogP contribution is -2.44. The Kier molecular flexibility index (Phi) is 5.75. The maximum atomic E-state index is 12.0. The number of carbonyl (C=O) groups is 2. The van der Waals surface area contributed by atoms with Crippen molar-refractivity contribution in [2.45, 2.75) is 25.8 Å². The Morgan fingerprint density at radius 1 is 1.24 bits per heavy atom. The van der Waals surface area contributed by atoms with E-state index in [9.17, 15) is 9.59 Å². The van der Waals surface area contributed by atoms with Gasteiger partial charge in [0, 0.05) is 25.8 Å². The highest BCUT2D eigenvalue weighted by atomic mass is 16.5. The SMILES string of the molecule is CC(=O)NC[C@@H]1COC[C@H]1NC(=O)CCc1ccccc1. The number of ether oxygens (including phenoxy) is 1. The molecule has 0 radical (unpaired) electrons. The van der Waals surface area contributed by atoms with Crippen LogP contribution < -0.4 is 10.6 Å². The molecule has 1 aliphatic heterocycles. The molecule has 0 saturated carbocycles. The van der Waals surface area contributed by atoms with Gasteiger partial charge in [-0.3, -0.25) is 9.59 Å². The third-order valence-corrected chi connectivity index (χ3v) is 3.64. The van der Waals surface area contributed by atoms with Crippen LogP contribution in [-0.2, 0) is 20.7 Å². The van der Waals surface area contributed by atoms with Gasteiger partial charge in [0.15, 0.2) is 0 Å². The smallest absolute Gasteiger partial charge is 0.220 e. The number of hydrogen-bond donors (Lipinski definition) is 2. The number of benzene rings is 1. The summed E-state index contributed by atoms with van der Waals surface area (Å²) in [6, 6.07) is 9.94. The van der Waals surface area contributed by atoms with E-state index in [0.717, 1.165) is 12.0 Å². The summed E-state index contributed by atoms with van der Waals surface area (Å²) < 4.78 is 5.40. The van der Waals surface area contributed by atoms with Gasteiger partial charge in [-0.2, -0.15) is 0 Å². The first kappa shape index (κ1) is 15.5. The second kappa shape index (κ2) is 7.78. The van der Waals surface area contributed by atoms with Crippen molar-refractivity contribution < 1.29 is 14.3 Å². The van der Waals surface area contributed by atoms with Crippen molar-refractivity contribution in [1.29, 1.82) is 0 Å². The van der Waals surface area contributed by atoms with E-state index in [-0.39, 0.29) is 23.8 Å². The van der Waals surface area contributed by atoms with Crippen molar-refractivity contribution in [3.8, 4) is 0 Å². The second-order valence-corrected chi connectivity index (χ2v) is 5.39. The summed E-state index contributed by atoms with van der Waals surface area (Å²) in [7, 11) is 0. The molecule has 2 rings (SSSR count). The minimum Gasteiger partial charge on any atom is -0.379 e. The molecule has 2 N–H and O–H groups in total. The molecule has 21 heavy (non-hydrogen) atoms. The topological polar surface area (TPSA) is 67.4 Å². The predicted molar refractivity (Wildman–Crippen MR) is 79.7 cm³/mol. The fraction of sp³-hybridized carbons (Fsp3) is 0.500. The van der Waals surface area contributed by atoms with Gasteiger partial charge in [0.2, 0.25) is 11.8 Å². The Bertz CT molecular complexity index is 476. The first-order valence-electron chi connectivity index (χ1n) is 7.30. The van der Waals surface area contributed by atoms with Crippen LogP contribution >= 0.6 is 0 Å². The lowest BCUT2D eigenvalue weighted by atomic mass is 10.0. The maximum absolute atomic E-state index is 12.0. The van der Waals surface area contributed by atoms with Crippen molar-refractivity contribution in [2.24, 2.45) is 5.92 Å². The van der Waals surface area contributed by atoms with Crippen LogP contribution in [0.3, 0.4) is 0 Å². The van der Waals surface area contributed by atoms with Gasteiger partial charge in [-0.15, -0.1) is 0 Å². The summed E-state index contributed by atoms with van der Waals surface area (Å²) in [5.41, 5.74) is 1.16. The molecule has 1 aromatic carbocycles. The van der Waals surface area contributed by atoms with Crippen LogP contribution in [0.2, 0.25) is 0 Å². The van der Waals surface area contributed by atoms with Crippen LogP contribution in [0.4, 0.5) is 0 Å². The Labute approximate surface area is 125 Å². The van der Waals surface area contributed by atoms with E-state index >= 15 is 0 Å². The van der Waals surface area contributed by atoms with Gasteiger partial charge in [0.25, 0.3) is 0 Å². The highest BCUT2D eigenvalue weighted by Crippen LogP contribution is 2.13. The van der Waals surface area contributed by atoms with E-state index in [0.29, 0.717) is 26.2 Å². The van der Waals surface area contributed by atoms with Crippen LogP contribution in [0.1, 0.15) is 18.9 Å². The molecule has 5 nitrogen and oxygen atoms in total. The van der Waals surface area contributed by atoms with Crippen molar-refractivity contribution in [1.82, 2.24) is 10.6 Å².